The largest absolute Gasteiger partial charge is 0.492 e. The van der Waals surface area contributed by atoms with E-state index < -0.39 is 0 Å². The van der Waals surface area contributed by atoms with E-state index in [2.05, 4.69) is 4.84 Å². The van der Waals surface area contributed by atoms with Crippen molar-refractivity contribution in [3.05, 3.63) is 23.3 Å². The van der Waals surface area contributed by atoms with E-state index in [-0.39, 0.29) is 6.61 Å². The Morgan fingerprint density at radius 1 is 0.938 bits per heavy atom. The first-order valence-corrected chi connectivity index (χ1v) is 4.81. The van der Waals surface area contributed by atoms with Crippen LogP contribution in [-0.2, 0) is 22.8 Å². The van der Waals surface area contributed by atoms with Crippen LogP contribution in [0.5, 0.6) is 11.5 Å². The first-order valence-electron chi connectivity index (χ1n) is 4.81. The standard InChI is InChI=1S/C11H17NO4/c1-13-6-8-4-5-9(7-16-12)11(15-3)10(8)14-2/h4-5H,6-7,12H2,1-3H3. The number of ether oxygens (including phenoxy) is 3. The minimum atomic E-state index is 0.271. The fourth-order valence-electron chi connectivity index (χ4n) is 1.56. The minimum absolute atomic E-state index is 0.271. The van der Waals surface area contributed by atoms with Crippen LogP contribution in [0.1, 0.15) is 11.1 Å². The van der Waals surface area contributed by atoms with Crippen LogP contribution < -0.4 is 15.4 Å². The van der Waals surface area contributed by atoms with E-state index in [4.69, 9.17) is 20.1 Å². The van der Waals surface area contributed by atoms with Gasteiger partial charge in [0, 0.05) is 18.2 Å². The Morgan fingerprint density at radius 3 is 1.81 bits per heavy atom. The highest BCUT2D eigenvalue weighted by atomic mass is 16.6. The Hall–Kier alpha value is -1.30. The Kier molecular flexibility index (Phi) is 5.04. The summed E-state index contributed by atoms with van der Waals surface area (Å²) >= 11 is 0. The molecule has 5 nitrogen and oxygen atoms in total. The molecule has 2 N–H and O–H groups in total. The topological polar surface area (TPSA) is 62.9 Å². The molecule has 0 amide bonds. The van der Waals surface area contributed by atoms with Gasteiger partial charge in [-0.05, 0) is 0 Å². The maximum absolute atomic E-state index is 5.31. The molecule has 16 heavy (non-hydrogen) atoms. The van der Waals surface area contributed by atoms with Crippen molar-refractivity contribution >= 4 is 0 Å². The van der Waals surface area contributed by atoms with E-state index in [9.17, 15) is 0 Å². The molecule has 0 unspecified atom stereocenters. The molecule has 0 bridgehead atoms. The second-order valence-electron chi connectivity index (χ2n) is 3.19. The molecule has 0 radical (unpaired) electrons. The third-order valence-corrected chi connectivity index (χ3v) is 2.22. The van der Waals surface area contributed by atoms with Crippen molar-refractivity contribution < 1.29 is 19.0 Å². The molecule has 90 valence electrons. The lowest BCUT2D eigenvalue weighted by Gasteiger charge is -2.15. The summed E-state index contributed by atoms with van der Waals surface area (Å²) in [5.74, 6) is 6.33. The van der Waals surface area contributed by atoms with Gasteiger partial charge in [0.1, 0.15) is 0 Å². The molecule has 0 aliphatic heterocycles. The van der Waals surface area contributed by atoms with Gasteiger partial charge in [0.15, 0.2) is 11.5 Å². The highest BCUT2D eigenvalue weighted by Crippen LogP contribution is 2.35. The highest BCUT2D eigenvalue weighted by molar-refractivity contribution is 5.51. The first kappa shape index (κ1) is 12.8. The lowest BCUT2D eigenvalue weighted by atomic mass is 10.1. The lowest BCUT2D eigenvalue weighted by Crippen LogP contribution is -2.04. The molecule has 0 saturated carbocycles. The summed E-state index contributed by atoms with van der Waals surface area (Å²) in [6.07, 6.45) is 0. The van der Waals surface area contributed by atoms with Gasteiger partial charge in [-0.15, -0.1) is 0 Å². The summed E-state index contributed by atoms with van der Waals surface area (Å²) in [5.41, 5.74) is 1.75. The molecule has 0 heterocycles. The number of hydrogen-bond donors (Lipinski definition) is 1. The molecule has 0 spiro atoms. The van der Waals surface area contributed by atoms with Crippen LogP contribution in [0.2, 0.25) is 0 Å². The zero-order valence-corrected chi connectivity index (χ0v) is 9.78. The second kappa shape index (κ2) is 6.32. The normalized spacial score (nSPS) is 10.2. The summed E-state index contributed by atoms with van der Waals surface area (Å²) in [5, 5.41) is 0. The monoisotopic (exact) mass is 227 g/mol. The Bertz CT molecular complexity index is 308. The number of hydrogen-bond acceptors (Lipinski definition) is 5. The molecule has 1 rings (SSSR count). The lowest BCUT2D eigenvalue weighted by molar-refractivity contribution is 0.121. The van der Waals surface area contributed by atoms with Crippen LogP contribution in [0.15, 0.2) is 12.1 Å². The van der Waals surface area contributed by atoms with E-state index in [0.717, 1.165) is 11.1 Å². The average Bonchev–Trinajstić information content (AvgIpc) is 2.31. The van der Waals surface area contributed by atoms with Crippen LogP contribution in [0.3, 0.4) is 0 Å². The van der Waals surface area contributed by atoms with Gasteiger partial charge in [-0.2, -0.15) is 0 Å². The van der Waals surface area contributed by atoms with Crippen molar-refractivity contribution in [3.8, 4) is 11.5 Å². The molecule has 0 aromatic heterocycles. The van der Waals surface area contributed by atoms with Crippen molar-refractivity contribution in [2.24, 2.45) is 5.90 Å². The summed E-state index contributed by atoms with van der Waals surface area (Å²) in [6.45, 7) is 0.732. The van der Waals surface area contributed by atoms with Gasteiger partial charge in [0.2, 0.25) is 0 Å². The molecule has 1 aromatic rings. The van der Waals surface area contributed by atoms with E-state index in [0.29, 0.717) is 18.1 Å². The molecule has 0 aliphatic carbocycles. The molecule has 0 aliphatic rings. The van der Waals surface area contributed by atoms with Gasteiger partial charge < -0.3 is 14.2 Å². The van der Waals surface area contributed by atoms with Crippen molar-refractivity contribution in [1.82, 2.24) is 0 Å². The third kappa shape index (κ3) is 2.63. The van der Waals surface area contributed by atoms with E-state index in [1.165, 1.54) is 0 Å². The maximum Gasteiger partial charge on any atom is 0.166 e. The summed E-state index contributed by atoms with van der Waals surface area (Å²) < 4.78 is 15.7. The SMILES string of the molecule is COCc1ccc(CON)c(OC)c1OC. The first-order chi connectivity index (χ1) is 7.78. The molecule has 1 aromatic carbocycles. The maximum atomic E-state index is 5.31. The zero-order chi connectivity index (χ0) is 12.0. The van der Waals surface area contributed by atoms with Crippen LogP contribution in [0, 0.1) is 0 Å². The molecular formula is C11H17NO4. The average molecular weight is 227 g/mol. The van der Waals surface area contributed by atoms with Crippen molar-refractivity contribution in [3.63, 3.8) is 0 Å². The summed E-state index contributed by atoms with van der Waals surface area (Å²) in [6, 6.07) is 3.78. The van der Waals surface area contributed by atoms with Gasteiger partial charge in [-0.3, -0.25) is 4.84 Å². The van der Waals surface area contributed by atoms with Crippen molar-refractivity contribution in [2.45, 2.75) is 13.2 Å². The highest BCUT2D eigenvalue weighted by Gasteiger charge is 2.14. The molecule has 5 heteroatoms. The molecule has 0 atom stereocenters. The number of methoxy groups -OCH3 is 3. The molecular weight excluding hydrogens is 210 g/mol. The number of rotatable bonds is 6. The minimum Gasteiger partial charge on any atom is -0.492 e. The fourth-order valence-corrected chi connectivity index (χ4v) is 1.56. The Labute approximate surface area is 95.0 Å². The van der Waals surface area contributed by atoms with Crippen molar-refractivity contribution in [1.29, 1.82) is 0 Å². The van der Waals surface area contributed by atoms with Crippen LogP contribution in [0.25, 0.3) is 0 Å². The van der Waals surface area contributed by atoms with E-state index >= 15 is 0 Å². The van der Waals surface area contributed by atoms with Gasteiger partial charge in [0.25, 0.3) is 0 Å². The van der Waals surface area contributed by atoms with Gasteiger partial charge >= 0.3 is 0 Å². The molecule has 0 saturated heterocycles. The van der Waals surface area contributed by atoms with Crippen LogP contribution >= 0.6 is 0 Å². The summed E-state index contributed by atoms with van der Waals surface area (Å²) in [4.78, 5) is 4.60. The van der Waals surface area contributed by atoms with E-state index in [1.807, 2.05) is 12.1 Å². The predicted octanol–water partition coefficient (Wildman–Crippen LogP) is 1.24. The van der Waals surface area contributed by atoms with Gasteiger partial charge in [-0.1, -0.05) is 12.1 Å². The van der Waals surface area contributed by atoms with Crippen molar-refractivity contribution in [2.75, 3.05) is 21.3 Å². The number of nitrogens with two attached hydrogens (primary N) is 1. The quantitative estimate of drug-likeness (QED) is 0.741. The fraction of sp³-hybridized carbons (Fsp3) is 0.455. The predicted molar refractivity (Wildman–Crippen MR) is 59.2 cm³/mol. The molecule has 0 fully saturated rings. The third-order valence-electron chi connectivity index (χ3n) is 2.22. The van der Waals surface area contributed by atoms with Crippen LogP contribution in [0.4, 0.5) is 0 Å². The van der Waals surface area contributed by atoms with Gasteiger partial charge in [0.05, 0.1) is 27.4 Å². The van der Waals surface area contributed by atoms with Gasteiger partial charge in [-0.25, -0.2) is 5.90 Å². The smallest absolute Gasteiger partial charge is 0.166 e. The Balaban J connectivity index is 3.16. The summed E-state index contributed by atoms with van der Waals surface area (Å²) in [7, 11) is 4.79. The zero-order valence-electron chi connectivity index (χ0n) is 9.78. The van der Waals surface area contributed by atoms with Crippen LogP contribution in [-0.4, -0.2) is 21.3 Å². The Morgan fingerprint density at radius 2 is 1.44 bits per heavy atom. The number of benzene rings is 1. The van der Waals surface area contributed by atoms with E-state index in [1.54, 1.807) is 21.3 Å². The second-order valence-corrected chi connectivity index (χ2v) is 3.19.